The molecule has 0 unspecified atom stereocenters. The number of benzene rings is 2. The second-order valence-electron chi connectivity index (χ2n) is 5.64. The molecule has 0 saturated heterocycles. The van der Waals surface area contributed by atoms with Crippen molar-refractivity contribution < 1.29 is 23.4 Å². The van der Waals surface area contributed by atoms with Crippen molar-refractivity contribution in [2.75, 3.05) is 26.6 Å². The first kappa shape index (κ1) is 17.6. The third kappa shape index (κ3) is 3.42. The maximum absolute atomic E-state index is 13.3. The molecule has 1 aromatic heterocycles. The number of fused-ring (bicyclic) bond motifs is 1. The van der Waals surface area contributed by atoms with Crippen molar-refractivity contribution >= 4 is 22.5 Å². The molecule has 0 bridgehead atoms. The maximum Gasteiger partial charge on any atom is 0.228 e. The van der Waals surface area contributed by atoms with Gasteiger partial charge in [0.1, 0.15) is 5.82 Å². The van der Waals surface area contributed by atoms with Crippen molar-refractivity contribution in [3.8, 4) is 17.2 Å². The number of aromatic amines is 1. The van der Waals surface area contributed by atoms with Crippen LogP contribution in [-0.4, -0.2) is 32.2 Å². The number of hydrogen-bond donors (Lipinski definition) is 2. The minimum Gasteiger partial charge on any atom is -0.493 e. The minimum absolute atomic E-state index is 0.141. The first-order valence-corrected chi connectivity index (χ1v) is 7.91. The Morgan fingerprint density at radius 3 is 2.38 bits per heavy atom. The quantitative estimate of drug-likeness (QED) is 0.707. The molecule has 0 radical (unpaired) electrons. The summed E-state index contributed by atoms with van der Waals surface area (Å²) in [6.07, 6.45) is 1.85. The molecule has 6 nitrogen and oxygen atoms in total. The van der Waals surface area contributed by atoms with E-state index in [9.17, 15) is 9.18 Å². The highest BCUT2D eigenvalue weighted by atomic mass is 19.1. The van der Waals surface area contributed by atoms with E-state index in [0.717, 1.165) is 10.9 Å². The van der Waals surface area contributed by atoms with Crippen LogP contribution in [0.3, 0.4) is 0 Å². The van der Waals surface area contributed by atoms with Gasteiger partial charge in [0.25, 0.3) is 0 Å². The lowest BCUT2D eigenvalue weighted by molar-refractivity contribution is -0.115. The number of nitrogens with one attached hydrogen (secondary N) is 2. The standard InChI is InChI=1S/C19H19FN2O4/c1-24-16-8-13(9-17(25-2)19(16)26-3)22-18(23)6-11-10-21-15-7-12(20)4-5-14(11)15/h4-5,7-10,21H,6H2,1-3H3,(H,22,23). The Morgan fingerprint density at radius 1 is 1.08 bits per heavy atom. The third-order valence-electron chi connectivity index (χ3n) is 4.03. The number of methoxy groups -OCH3 is 3. The van der Waals surface area contributed by atoms with Crippen LogP contribution < -0.4 is 19.5 Å². The van der Waals surface area contributed by atoms with Crippen molar-refractivity contribution in [3.05, 3.63) is 47.9 Å². The van der Waals surface area contributed by atoms with E-state index in [1.807, 2.05) is 0 Å². The van der Waals surface area contributed by atoms with Gasteiger partial charge in [0.05, 0.1) is 27.8 Å². The van der Waals surface area contributed by atoms with Crippen LogP contribution in [0.5, 0.6) is 17.2 Å². The molecule has 26 heavy (non-hydrogen) atoms. The van der Waals surface area contributed by atoms with E-state index in [1.165, 1.54) is 33.5 Å². The molecule has 1 heterocycles. The summed E-state index contributed by atoms with van der Waals surface area (Å²) < 4.78 is 29.1. The molecular formula is C19H19FN2O4. The molecular weight excluding hydrogens is 339 g/mol. The number of aromatic nitrogens is 1. The lowest BCUT2D eigenvalue weighted by Crippen LogP contribution is -2.14. The van der Waals surface area contributed by atoms with Crippen LogP contribution in [0.2, 0.25) is 0 Å². The van der Waals surface area contributed by atoms with Crippen molar-refractivity contribution in [2.24, 2.45) is 0 Å². The van der Waals surface area contributed by atoms with E-state index in [-0.39, 0.29) is 18.1 Å². The maximum atomic E-state index is 13.3. The highest BCUT2D eigenvalue weighted by Gasteiger charge is 2.15. The summed E-state index contributed by atoms with van der Waals surface area (Å²) in [7, 11) is 4.53. The predicted molar refractivity (Wildman–Crippen MR) is 96.7 cm³/mol. The fraction of sp³-hybridized carbons (Fsp3) is 0.211. The largest absolute Gasteiger partial charge is 0.493 e. The fourth-order valence-electron chi connectivity index (χ4n) is 2.84. The summed E-state index contributed by atoms with van der Waals surface area (Å²) in [5, 5.41) is 3.63. The van der Waals surface area contributed by atoms with Crippen molar-refractivity contribution in [2.45, 2.75) is 6.42 Å². The van der Waals surface area contributed by atoms with E-state index in [1.54, 1.807) is 24.4 Å². The Balaban J connectivity index is 1.81. The predicted octanol–water partition coefficient (Wildman–Crippen LogP) is 3.51. The number of carbonyl (C=O) groups excluding carboxylic acids is 1. The van der Waals surface area contributed by atoms with Crippen LogP contribution in [0.4, 0.5) is 10.1 Å². The molecule has 0 aliphatic rings. The molecule has 0 aliphatic heterocycles. The molecule has 2 N–H and O–H groups in total. The molecule has 0 spiro atoms. The van der Waals surface area contributed by atoms with Crippen molar-refractivity contribution in [1.29, 1.82) is 0 Å². The van der Waals surface area contributed by atoms with Crippen LogP contribution in [0, 0.1) is 5.82 Å². The lowest BCUT2D eigenvalue weighted by atomic mass is 10.1. The van der Waals surface area contributed by atoms with E-state index in [2.05, 4.69) is 10.3 Å². The summed E-state index contributed by atoms with van der Waals surface area (Å²) in [4.78, 5) is 15.4. The fourth-order valence-corrected chi connectivity index (χ4v) is 2.84. The molecule has 136 valence electrons. The van der Waals surface area contributed by atoms with Gasteiger partial charge in [-0.05, 0) is 23.8 Å². The van der Waals surface area contributed by atoms with E-state index < -0.39 is 0 Å². The zero-order valence-corrected chi connectivity index (χ0v) is 14.7. The Labute approximate surface area is 149 Å². The Kier molecular flexibility index (Phi) is 4.97. The molecule has 2 aromatic carbocycles. The minimum atomic E-state index is -0.326. The van der Waals surface area contributed by atoms with Crippen LogP contribution in [0.1, 0.15) is 5.56 Å². The molecule has 1 amide bonds. The summed E-state index contributed by atoms with van der Waals surface area (Å²) in [6, 6.07) is 7.74. The van der Waals surface area contributed by atoms with Crippen LogP contribution in [0.15, 0.2) is 36.5 Å². The van der Waals surface area contributed by atoms with E-state index >= 15 is 0 Å². The molecule has 0 aliphatic carbocycles. The molecule has 0 fully saturated rings. The highest BCUT2D eigenvalue weighted by Crippen LogP contribution is 2.39. The second kappa shape index (κ2) is 7.35. The number of amides is 1. The highest BCUT2D eigenvalue weighted by molar-refractivity contribution is 5.96. The second-order valence-corrected chi connectivity index (χ2v) is 5.64. The molecule has 3 aromatic rings. The summed E-state index contributed by atoms with van der Waals surface area (Å²) in [5.74, 6) is 0.804. The Morgan fingerprint density at radius 2 is 1.77 bits per heavy atom. The zero-order chi connectivity index (χ0) is 18.7. The molecule has 7 heteroatoms. The zero-order valence-electron chi connectivity index (χ0n) is 14.7. The average Bonchev–Trinajstić information content (AvgIpc) is 3.02. The molecule has 0 saturated carbocycles. The van der Waals surface area contributed by atoms with Gasteiger partial charge in [-0.15, -0.1) is 0 Å². The van der Waals surface area contributed by atoms with E-state index in [0.29, 0.717) is 28.5 Å². The third-order valence-corrected chi connectivity index (χ3v) is 4.03. The van der Waals surface area contributed by atoms with Gasteiger partial charge in [0, 0.05) is 34.9 Å². The van der Waals surface area contributed by atoms with Gasteiger partial charge in [-0.2, -0.15) is 0 Å². The number of carbonyl (C=O) groups is 1. The summed E-state index contributed by atoms with van der Waals surface area (Å²) in [5.41, 5.74) is 1.96. The Bertz CT molecular complexity index is 927. The smallest absolute Gasteiger partial charge is 0.228 e. The van der Waals surface area contributed by atoms with Crippen molar-refractivity contribution in [3.63, 3.8) is 0 Å². The number of hydrogen-bond acceptors (Lipinski definition) is 4. The number of anilines is 1. The summed E-state index contributed by atoms with van der Waals surface area (Å²) >= 11 is 0. The first-order valence-electron chi connectivity index (χ1n) is 7.91. The van der Waals surface area contributed by atoms with Crippen LogP contribution >= 0.6 is 0 Å². The monoisotopic (exact) mass is 358 g/mol. The first-order chi connectivity index (χ1) is 12.5. The number of H-pyrrole nitrogens is 1. The van der Waals surface area contributed by atoms with Gasteiger partial charge in [-0.3, -0.25) is 4.79 Å². The van der Waals surface area contributed by atoms with Crippen LogP contribution in [-0.2, 0) is 11.2 Å². The van der Waals surface area contributed by atoms with Gasteiger partial charge in [0.15, 0.2) is 11.5 Å². The van der Waals surface area contributed by atoms with Crippen LogP contribution in [0.25, 0.3) is 10.9 Å². The number of rotatable bonds is 6. The van der Waals surface area contributed by atoms with Gasteiger partial charge < -0.3 is 24.5 Å². The van der Waals surface area contributed by atoms with Gasteiger partial charge >= 0.3 is 0 Å². The van der Waals surface area contributed by atoms with Crippen molar-refractivity contribution in [1.82, 2.24) is 4.98 Å². The average molecular weight is 358 g/mol. The molecule has 3 rings (SSSR count). The lowest BCUT2D eigenvalue weighted by Gasteiger charge is -2.14. The van der Waals surface area contributed by atoms with Gasteiger partial charge in [0.2, 0.25) is 11.7 Å². The summed E-state index contributed by atoms with van der Waals surface area (Å²) in [6.45, 7) is 0. The van der Waals surface area contributed by atoms with Gasteiger partial charge in [-0.25, -0.2) is 4.39 Å². The SMILES string of the molecule is COc1cc(NC(=O)Cc2c[nH]c3cc(F)ccc23)cc(OC)c1OC. The number of ether oxygens (including phenoxy) is 3. The van der Waals surface area contributed by atoms with E-state index in [4.69, 9.17) is 14.2 Å². The normalized spacial score (nSPS) is 10.6. The topological polar surface area (TPSA) is 72.6 Å². The number of halogens is 1. The Hall–Kier alpha value is -3.22. The molecule has 0 atom stereocenters. The van der Waals surface area contributed by atoms with Gasteiger partial charge in [-0.1, -0.05) is 0 Å².